The van der Waals surface area contributed by atoms with Gasteiger partial charge in [-0.3, -0.25) is 9.91 Å². The van der Waals surface area contributed by atoms with Crippen molar-refractivity contribution >= 4 is 33.5 Å². The molecule has 0 atom stereocenters. The lowest BCUT2D eigenvalue weighted by atomic mass is 10.1. The number of benzene rings is 1. The highest BCUT2D eigenvalue weighted by atomic mass is 79.9. The topological polar surface area (TPSA) is 18.8 Å². The molecule has 22 heavy (non-hydrogen) atoms. The normalized spacial score (nSPS) is 16.5. The first-order chi connectivity index (χ1) is 10.7. The van der Waals surface area contributed by atoms with Crippen LogP contribution in [0.5, 0.6) is 0 Å². The number of hydrogen-bond donors (Lipinski definition) is 0. The molecule has 116 valence electrons. The molecule has 0 spiro atoms. The van der Waals surface area contributed by atoms with Crippen LogP contribution in [-0.4, -0.2) is 42.3 Å². The minimum Gasteiger partial charge on any atom is -0.295 e. The Morgan fingerprint density at radius 1 is 1.09 bits per heavy atom. The van der Waals surface area contributed by atoms with E-state index in [0.29, 0.717) is 0 Å². The zero-order valence-corrected chi connectivity index (χ0v) is 15.1. The molecule has 0 bridgehead atoms. The van der Waals surface area contributed by atoms with Crippen LogP contribution < -0.4 is 0 Å². The highest BCUT2D eigenvalue weighted by Gasteiger charge is 2.15. The Morgan fingerprint density at radius 2 is 1.82 bits per heavy atom. The molecule has 0 amide bonds. The monoisotopic (exact) mass is 377 g/mol. The molecule has 1 saturated heterocycles. The van der Waals surface area contributed by atoms with Gasteiger partial charge in [0, 0.05) is 37.6 Å². The summed E-state index contributed by atoms with van der Waals surface area (Å²) < 4.78 is 1.15. The fourth-order valence-electron chi connectivity index (χ4n) is 2.50. The second-order valence-electron chi connectivity index (χ2n) is 5.60. The lowest BCUT2D eigenvalue weighted by Crippen LogP contribution is -2.43. The van der Waals surface area contributed by atoms with Crippen LogP contribution in [0.3, 0.4) is 0 Å². The number of thiophene rings is 1. The fraction of sp³-hybridized carbons (Fsp3) is 0.353. The van der Waals surface area contributed by atoms with Crippen LogP contribution in [-0.2, 0) is 6.54 Å². The molecule has 0 N–H and O–H groups in total. The van der Waals surface area contributed by atoms with Crippen LogP contribution in [0, 0.1) is 6.92 Å². The van der Waals surface area contributed by atoms with Gasteiger partial charge in [0.05, 0.1) is 10.0 Å². The van der Waals surface area contributed by atoms with E-state index in [1.165, 1.54) is 16.0 Å². The Balaban J connectivity index is 1.48. The molecule has 0 saturated carbocycles. The predicted octanol–water partition coefficient (Wildman–Crippen LogP) is 3.97. The largest absolute Gasteiger partial charge is 0.295 e. The second-order valence-corrected chi connectivity index (χ2v) is 8.10. The smallest absolute Gasteiger partial charge is 0.0705 e. The Bertz CT molecular complexity index is 628. The Kier molecular flexibility index (Phi) is 5.28. The maximum Gasteiger partial charge on any atom is 0.0705 e. The summed E-state index contributed by atoms with van der Waals surface area (Å²) in [5.41, 5.74) is 2.72. The number of nitrogens with zero attached hydrogens (tertiary/aromatic N) is 3. The third-order valence-electron chi connectivity index (χ3n) is 3.82. The molecular formula is C17H20BrN3S. The molecule has 1 aromatic heterocycles. The van der Waals surface area contributed by atoms with E-state index >= 15 is 0 Å². The lowest BCUT2D eigenvalue weighted by molar-refractivity contribution is 0.131. The standard InChI is InChI=1S/C17H20BrN3S/c1-14-2-4-15(5-3-14)13-20-8-10-21(11-9-20)19-12-16-6-7-17(18)22-16/h2-7,12H,8-11,13H2,1H3/b19-12-. The molecule has 1 aromatic carbocycles. The molecule has 0 aliphatic carbocycles. The molecule has 2 heterocycles. The quantitative estimate of drug-likeness (QED) is 0.750. The number of hydrogen-bond acceptors (Lipinski definition) is 4. The maximum absolute atomic E-state index is 4.59. The average Bonchev–Trinajstić information content (AvgIpc) is 2.94. The zero-order valence-electron chi connectivity index (χ0n) is 12.7. The summed E-state index contributed by atoms with van der Waals surface area (Å²) in [5, 5.41) is 6.76. The van der Waals surface area contributed by atoms with Gasteiger partial charge in [0.1, 0.15) is 0 Å². The molecule has 0 unspecified atom stereocenters. The number of halogens is 1. The van der Waals surface area contributed by atoms with Gasteiger partial charge >= 0.3 is 0 Å². The van der Waals surface area contributed by atoms with Crippen LogP contribution in [0.15, 0.2) is 45.3 Å². The molecule has 0 radical (unpaired) electrons. The van der Waals surface area contributed by atoms with Gasteiger partial charge in [-0.05, 0) is 40.5 Å². The van der Waals surface area contributed by atoms with Gasteiger partial charge in [0.25, 0.3) is 0 Å². The Morgan fingerprint density at radius 3 is 2.45 bits per heavy atom. The number of piperazine rings is 1. The molecular weight excluding hydrogens is 358 g/mol. The summed E-state index contributed by atoms with van der Waals surface area (Å²) in [7, 11) is 0. The summed E-state index contributed by atoms with van der Waals surface area (Å²) in [6.45, 7) is 7.30. The van der Waals surface area contributed by atoms with Crippen LogP contribution in [0.1, 0.15) is 16.0 Å². The highest BCUT2D eigenvalue weighted by molar-refractivity contribution is 9.11. The summed E-state index contributed by atoms with van der Waals surface area (Å²) in [6.07, 6.45) is 1.96. The van der Waals surface area contributed by atoms with E-state index in [2.05, 4.69) is 74.3 Å². The van der Waals surface area contributed by atoms with Crippen molar-refractivity contribution < 1.29 is 0 Å². The summed E-state index contributed by atoms with van der Waals surface area (Å²) in [5.74, 6) is 0. The highest BCUT2D eigenvalue weighted by Crippen LogP contribution is 2.20. The van der Waals surface area contributed by atoms with E-state index < -0.39 is 0 Å². The van der Waals surface area contributed by atoms with E-state index in [4.69, 9.17) is 0 Å². The minimum absolute atomic E-state index is 0.995. The second kappa shape index (κ2) is 7.40. The van der Waals surface area contributed by atoms with E-state index in [1.54, 1.807) is 11.3 Å². The van der Waals surface area contributed by atoms with Crippen molar-refractivity contribution in [2.24, 2.45) is 5.10 Å². The van der Waals surface area contributed by atoms with Crippen molar-refractivity contribution in [2.75, 3.05) is 26.2 Å². The Labute approximate surface area is 144 Å². The van der Waals surface area contributed by atoms with Crippen LogP contribution in [0.4, 0.5) is 0 Å². The fourth-order valence-corrected chi connectivity index (χ4v) is 3.79. The van der Waals surface area contributed by atoms with Gasteiger partial charge in [0.2, 0.25) is 0 Å². The SMILES string of the molecule is Cc1ccc(CN2CCN(/N=C\c3ccc(Br)s3)CC2)cc1. The van der Waals surface area contributed by atoms with Crippen LogP contribution >= 0.6 is 27.3 Å². The van der Waals surface area contributed by atoms with Gasteiger partial charge in [-0.15, -0.1) is 11.3 Å². The van der Waals surface area contributed by atoms with Crippen molar-refractivity contribution in [3.8, 4) is 0 Å². The molecule has 5 heteroatoms. The molecule has 1 aliphatic rings. The molecule has 1 aliphatic heterocycles. The van der Waals surface area contributed by atoms with Gasteiger partial charge in [-0.25, -0.2) is 0 Å². The number of aryl methyl sites for hydroxylation is 1. The number of rotatable bonds is 4. The third-order valence-corrected chi connectivity index (χ3v) is 5.38. The van der Waals surface area contributed by atoms with E-state index in [9.17, 15) is 0 Å². The van der Waals surface area contributed by atoms with Crippen molar-refractivity contribution in [1.29, 1.82) is 0 Å². The zero-order chi connectivity index (χ0) is 15.4. The van der Waals surface area contributed by atoms with Gasteiger partial charge in [0.15, 0.2) is 0 Å². The maximum atomic E-state index is 4.59. The molecule has 1 fully saturated rings. The third kappa shape index (κ3) is 4.41. The lowest BCUT2D eigenvalue weighted by Gasteiger charge is -2.33. The summed E-state index contributed by atoms with van der Waals surface area (Å²) >= 11 is 5.19. The van der Waals surface area contributed by atoms with Gasteiger partial charge < -0.3 is 0 Å². The Hall–Kier alpha value is -1.17. The van der Waals surface area contributed by atoms with Crippen LogP contribution in [0.2, 0.25) is 0 Å². The van der Waals surface area contributed by atoms with Crippen molar-refractivity contribution in [3.05, 3.63) is 56.2 Å². The number of hydrazone groups is 1. The van der Waals surface area contributed by atoms with E-state index in [1.807, 2.05) is 6.21 Å². The average molecular weight is 378 g/mol. The summed E-state index contributed by atoms with van der Waals surface area (Å²) in [6, 6.07) is 13.0. The molecule has 2 aromatic rings. The van der Waals surface area contributed by atoms with Gasteiger partial charge in [-0.1, -0.05) is 29.8 Å². The predicted molar refractivity (Wildman–Crippen MR) is 97.6 cm³/mol. The molecule has 3 nitrogen and oxygen atoms in total. The van der Waals surface area contributed by atoms with E-state index in [0.717, 1.165) is 36.5 Å². The van der Waals surface area contributed by atoms with Crippen molar-refractivity contribution in [3.63, 3.8) is 0 Å². The first-order valence-electron chi connectivity index (χ1n) is 7.51. The van der Waals surface area contributed by atoms with Crippen molar-refractivity contribution in [2.45, 2.75) is 13.5 Å². The minimum atomic E-state index is 0.995. The summed E-state index contributed by atoms with van der Waals surface area (Å²) in [4.78, 5) is 3.69. The first kappa shape index (κ1) is 15.7. The van der Waals surface area contributed by atoms with Gasteiger partial charge in [-0.2, -0.15) is 5.10 Å². The van der Waals surface area contributed by atoms with Crippen molar-refractivity contribution in [1.82, 2.24) is 9.91 Å². The van der Waals surface area contributed by atoms with E-state index in [-0.39, 0.29) is 0 Å². The van der Waals surface area contributed by atoms with Crippen LogP contribution in [0.25, 0.3) is 0 Å². The molecule has 3 rings (SSSR count). The first-order valence-corrected chi connectivity index (χ1v) is 9.12.